The lowest BCUT2D eigenvalue weighted by atomic mass is 9.91. The summed E-state index contributed by atoms with van der Waals surface area (Å²) in [6, 6.07) is 14.0. The van der Waals surface area contributed by atoms with Gasteiger partial charge < -0.3 is 19.9 Å². The van der Waals surface area contributed by atoms with Crippen molar-refractivity contribution in [2.24, 2.45) is 11.7 Å². The molecule has 4 heteroatoms. The summed E-state index contributed by atoms with van der Waals surface area (Å²) in [7, 11) is 3.28. The van der Waals surface area contributed by atoms with Crippen molar-refractivity contribution >= 4 is 0 Å². The third-order valence-corrected chi connectivity index (χ3v) is 5.02. The number of benzene rings is 2. The first-order chi connectivity index (χ1) is 12.2. The van der Waals surface area contributed by atoms with E-state index in [1.807, 2.05) is 30.3 Å². The van der Waals surface area contributed by atoms with Crippen LogP contribution in [0.3, 0.4) is 0 Å². The van der Waals surface area contributed by atoms with Crippen molar-refractivity contribution in [2.45, 2.75) is 38.3 Å². The van der Waals surface area contributed by atoms with Crippen LogP contribution in [0, 0.1) is 5.92 Å². The van der Waals surface area contributed by atoms with Gasteiger partial charge in [0.25, 0.3) is 0 Å². The monoisotopic (exact) mass is 341 g/mol. The summed E-state index contributed by atoms with van der Waals surface area (Å²) in [5, 5.41) is 0. The maximum Gasteiger partial charge on any atom is 0.164 e. The average Bonchev–Trinajstić information content (AvgIpc) is 3.20. The van der Waals surface area contributed by atoms with E-state index in [2.05, 4.69) is 12.1 Å². The van der Waals surface area contributed by atoms with Gasteiger partial charge in [-0.1, -0.05) is 43.2 Å². The summed E-state index contributed by atoms with van der Waals surface area (Å²) < 4.78 is 17.0. The Hall–Kier alpha value is -2.20. The van der Waals surface area contributed by atoms with Gasteiger partial charge in [-0.05, 0) is 30.4 Å². The first-order valence-electron chi connectivity index (χ1n) is 8.91. The van der Waals surface area contributed by atoms with Crippen LogP contribution in [0.1, 0.15) is 42.9 Å². The highest BCUT2D eigenvalue weighted by Gasteiger charge is 2.27. The third-order valence-electron chi connectivity index (χ3n) is 5.02. The Morgan fingerprint density at radius 3 is 2.24 bits per heavy atom. The Bertz CT molecular complexity index is 681. The van der Waals surface area contributed by atoms with Gasteiger partial charge >= 0.3 is 0 Å². The number of rotatable bonds is 7. The Balaban J connectivity index is 1.89. The zero-order chi connectivity index (χ0) is 17.6. The van der Waals surface area contributed by atoms with Crippen LogP contribution in [0.5, 0.6) is 17.2 Å². The van der Waals surface area contributed by atoms with Crippen LogP contribution in [-0.4, -0.2) is 14.2 Å². The molecule has 0 heterocycles. The van der Waals surface area contributed by atoms with Crippen LogP contribution in [-0.2, 0) is 6.61 Å². The lowest BCUT2D eigenvalue weighted by Crippen LogP contribution is -2.20. The number of nitrogens with two attached hydrogens (primary N) is 1. The number of ether oxygens (including phenoxy) is 3. The van der Waals surface area contributed by atoms with Crippen molar-refractivity contribution in [3.63, 3.8) is 0 Å². The maximum atomic E-state index is 6.61. The lowest BCUT2D eigenvalue weighted by Gasteiger charge is -2.24. The summed E-state index contributed by atoms with van der Waals surface area (Å²) in [5.41, 5.74) is 8.73. The molecule has 1 aliphatic carbocycles. The Morgan fingerprint density at radius 1 is 0.960 bits per heavy atom. The Labute approximate surface area is 149 Å². The highest BCUT2D eigenvalue weighted by atomic mass is 16.5. The predicted octanol–water partition coefficient (Wildman–Crippen LogP) is 4.47. The van der Waals surface area contributed by atoms with E-state index in [1.165, 1.54) is 25.7 Å². The second kappa shape index (κ2) is 8.26. The van der Waals surface area contributed by atoms with Crippen LogP contribution >= 0.6 is 0 Å². The van der Waals surface area contributed by atoms with E-state index in [1.54, 1.807) is 14.2 Å². The molecule has 25 heavy (non-hydrogen) atoms. The van der Waals surface area contributed by atoms with Crippen molar-refractivity contribution in [3.05, 3.63) is 53.6 Å². The SMILES string of the molecule is COc1cc(OCc2ccccc2)c([C@H](N)C2CCCC2)cc1OC. The fourth-order valence-electron chi connectivity index (χ4n) is 3.57. The second-order valence-corrected chi connectivity index (χ2v) is 6.59. The summed E-state index contributed by atoms with van der Waals surface area (Å²) >= 11 is 0. The van der Waals surface area contributed by atoms with Crippen LogP contribution < -0.4 is 19.9 Å². The van der Waals surface area contributed by atoms with Gasteiger partial charge in [0, 0.05) is 17.7 Å². The van der Waals surface area contributed by atoms with E-state index in [4.69, 9.17) is 19.9 Å². The molecule has 1 fully saturated rings. The molecule has 0 spiro atoms. The largest absolute Gasteiger partial charge is 0.493 e. The van der Waals surface area contributed by atoms with Crippen molar-refractivity contribution in [1.29, 1.82) is 0 Å². The van der Waals surface area contributed by atoms with Gasteiger partial charge in [0.05, 0.1) is 14.2 Å². The van der Waals surface area contributed by atoms with E-state index in [-0.39, 0.29) is 6.04 Å². The Kier molecular flexibility index (Phi) is 5.82. The van der Waals surface area contributed by atoms with Crippen LogP contribution in [0.15, 0.2) is 42.5 Å². The van der Waals surface area contributed by atoms with E-state index >= 15 is 0 Å². The minimum absolute atomic E-state index is 0.0481. The fourth-order valence-corrected chi connectivity index (χ4v) is 3.57. The first kappa shape index (κ1) is 17.6. The van der Waals surface area contributed by atoms with Gasteiger partial charge in [-0.15, -0.1) is 0 Å². The molecule has 0 unspecified atom stereocenters. The second-order valence-electron chi connectivity index (χ2n) is 6.59. The minimum atomic E-state index is -0.0481. The molecule has 2 aromatic rings. The molecule has 3 rings (SSSR count). The quantitative estimate of drug-likeness (QED) is 0.807. The van der Waals surface area contributed by atoms with Gasteiger partial charge in [0.2, 0.25) is 0 Å². The molecule has 0 bridgehead atoms. The normalized spacial score (nSPS) is 15.8. The molecule has 1 aliphatic rings. The smallest absolute Gasteiger partial charge is 0.164 e. The lowest BCUT2D eigenvalue weighted by molar-refractivity contribution is 0.290. The average molecular weight is 341 g/mol. The standard InChI is InChI=1S/C21H27NO3/c1-23-19-12-17(21(22)16-10-6-7-11-16)18(13-20(19)24-2)25-14-15-8-4-3-5-9-15/h3-5,8-9,12-13,16,21H,6-7,10-11,14,22H2,1-2H3/t21-/m1/s1. The molecule has 1 atom stereocenters. The predicted molar refractivity (Wildman–Crippen MR) is 99.2 cm³/mol. The minimum Gasteiger partial charge on any atom is -0.493 e. The van der Waals surface area contributed by atoms with Crippen molar-refractivity contribution in [3.8, 4) is 17.2 Å². The summed E-state index contributed by atoms with van der Waals surface area (Å²) in [6.07, 6.45) is 4.86. The third kappa shape index (κ3) is 4.07. The molecular formula is C21H27NO3. The van der Waals surface area contributed by atoms with Crippen molar-refractivity contribution in [1.82, 2.24) is 0 Å². The van der Waals surface area contributed by atoms with Gasteiger partial charge in [0.15, 0.2) is 11.5 Å². The molecule has 2 N–H and O–H groups in total. The van der Waals surface area contributed by atoms with Gasteiger partial charge in [-0.3, -0.25) is 0 Å². The number of methoxy groups -OCH3 is 2. The van der Waals surface area contributed by atoms with E-state index < -0.39 is 0 Å². The molecule has 134 valence electrons. The van der Waals surface area contributed by atoms with Crippen molar-refractivity contribution in [2.75, 3.05) is 14.2 Å². The van der Waals surface area contributed by atoms with Gasteiger partial charge in [-0.25, -0.2) is 0 Å². The summed E-state index contributed by atoms with van der Waals surface area (Å²) in [6.45, 7) is 0.501. The van der Waals surface area contributed by atoms with Crippen molar-refractivity contribution < 1.29 is 14.2 Å². The van der Waals surface area contributed by atoms with E-state index in [0.717, 1.165) is 16.9 Å². The molecule has 0 saturated heterocycles. The molecule has 0 aliphatic heterocycles. The topological polar surface area (TPSA) is 53.7 Å². The molecule has 0 amide bonds. The highest BCUT2D eigenvalue weighted by molar-refractivity contribution is 5.52. The van der Waals surface area contributed by atoms with Crippen LogP contribution in [0.2, 0.25) is 0 Å². The summed E-state index contributed by atoms with van der Waals surface area (Å²) in [4.78, 5) is 0. The maximum absolute atomic E-state index is 6.61. The fraction of sp³-hybridized carbons (Fsp3) is 0.429. The van der Waals surface area contributed by atoms with E-state index in [0.29, 0.717) is 24.0 Å². The van der Waals surface area contributed by atoms with E-state index in [9.17, 15) is 0 Å². The zero-order valence-corrected chi connectivity index (χ0v) is 15.0. The molecule has 0 aromatic heterocycles. The first-order valence-corrected chi connectivity index (χ1v) is 8.91. The molecule has 4 nitrogen and oxygen atoms in total. The van der Waals surface area contributed by atoms with Crippen LogP contribution in [0.4, 0.5) is 0 Å². The Morgan fingerprint density at radius 2 is 1.60 bits per heavy atom. The molecular weight excluding hydrogens is 314 g/mol. The molecule has 0 radical (unpaired) electrons. The number of hydrogen-bond donors (Lipinski definition) is 1. The van der Waals surface area contributed by atoms with Gasteiger partial charge in [0.1, 0.15) is 12.4 Å². The zero-order valence-electron chi connectivity index (χ0n) is 15.0. The van der Waals surface area contributed by atoms with Gasteiger partial charge in [-0.2, -0.15) is 0 Å². The summed E-state index contributed by atoms with van der Waals surface area (Å²) in [5.74, 6) is 2.63. The van der Waals surface area contributed by atoms with Crippen LogP contribution in [0.25, 0.3) is 0 Å². The molecule has 1 saturated carbocycles. The molecule has 2 aromatic carbocycles. The number of hydrogen-bond acceptors (Lipinski definition) is 4. The highest BCUT2D eigenvalue weighted by Crippen LogP contribution is 2.42.